The van der Waals surface area contributed by atoms with Gasteiger partial charge in [-0.25, -0.2) is 12.7 Å². The van der Waals surface area contributed by atoms with Gasteiger partial charge in [0.1, 0.15) is 11.9 Å². The molecule has 1 heterocycles. The van der Waals surface area contributed by atoms with Crippen LogP contribution in [-0.4, -0.2) is 50.1 Å². The van der Waals surface area contributed by atoms with Crippen molar-refractivity contribution in [2.45, 2.75) is 45.3 Å². The Kier molecular flexibility index (Phi) is 6.71. The number of rotatable bonds is 6. The van der Waals surface area contributed by atoms with Crippen LogP contribution in [0, 0.1) is 0 Å². The molecule has 6 nitrogen and oxygen atoms in total. The first kappa shape index (κ1) is 20.0. The van der Waals surface area contributed by atoms with Gasteiger partial charge in [0.05, 0.1) is 11.3 Å². The second kappa shape index (κ2) is 8.38. The van der Waals surface area contributed by atoms with Gasteiger partial charge < -0.3 is 10.1 Å². The van der Waals surface area contributed by atoms with Gasteiger partial charge >= 0.3 is 0 Å². The number of amides is 1. The monoisotopic (exact) mass is 388 g/mol. The first-order valence-corrected chi connectivity index (χ1v) is 10.7. The Morgan fingerprint density at radius 2 is 2.04 bits per heavy atom. The molecule has 2 rings (SSSR count). The summed E-state index contributed by atoms with van der Waals surface area (Å²) in [6, 6.07) is 5.07. The number of piperidine rings is 1. The fraction of sp³-hybridized carbons (Fsp3) is 0.588. The SMILES string of the molecule is CC[C@@H](C)NC(=O)c1ccc(OC2CCN(S(C)(=O)=O)CC2)c(Cl)c1. The van der Waals surface area contributed by atoms with Crippen molar-refractivity contribution in [1.29, 1.82) is 0 Å². The van der Waals surface area contributed by atoms with Crippen molar-refractivity contribution in [2.24, 2.45) is 0 Å². The number of carbonyl (C=O) groups is 1. The number of hydrogen-bond acceptors (Lipinski definition) is 4. The Morgan fingerprint density at radius 1 is 1.40 bits per heavy atom. The van der Waals surface area contributed by atoms with Gasteiger partial charge in [-0.2, -0.15) is 0 Å². The molecule has 1 aromatic rings. The summed E-state index contributed by atoms with van der Waals surface area (Å²) in [5.41, 5.74) is 0.490. The van der Waals surface area contributed by atoms with E-state index in [9.17, 15) is 13.2 Å². The predicted molar refractivity (Wildman–Crippen MR) is 98.7 cm³/mol. The zero-order valence-electron chi connectivity index (χ0n) is 14.8. The Labute approximate surface area is 154 Å². The van der Waals surface area contributed by atoms with E-state index < -0.39 is 10.0 Å². The van der Waals surface area contributed by atoms with E-state index in [0.29, 0.717) is 42.3 Å². The van der Waals surface area contributed by atoms with Gasteiger partial charge in [-0.1, -0.05) is 18.5 Å². The van der Waals surface area contributed by atoms with E-state index in [1.807, 2.05) is 13.8 Å². The summed E-state index contributed by atoms with van der Waals surface area (Å²) >= 11 is 6.25. The standard InChI is InChI=1S/C17H25ClN2O4S/c1-4-12(2)19-17(21)13-5-6-16(15(18)11-13)24-14-7-9-20(10-8-14)25(3,22)23/h5-6,11-12,14H,4,7-10H2,1-3H3,(H,19,21)/t12-/m1/s1. The van der Waals surface area contributed by atoms with Crippen LogP contribution in [0.5, 0.6) is 5.75 Å². The lowest BCUT2D eigenvalue weighted by Crippen LogP contribution is -2.41. The van der Waals surface area contributed by atoms with Crippen LogP contribution in [0.1, 0.15) is 43.5 Å². The van der Waals surface area contributed by atoms with Crippen molar-refractivity contribution in [2.75, 3.05) is 19.3 Å². The highest BCUT2D eigenvalue weighted by atomic mass is 35.5. The summed E-state index contributed by atoms with van der Waals surface area (Å²) in [6.45, 7) is 4.83. The summed E-state index contributed by atoms with van der Waals surface area (Å²) in [6.07, 6.45) is 3.20. The Bertz CT molecular complexity index is 715. The molecule has 1 N–H and O–H groups in total. The van der Waals surface area contributed by atoms with Gasteiger partial charge in [-0.3, -0.25) is 4.79 Å². The van der Waals surface area contributed by atoms with E-state index in [0.717, 1.165) is 6.42 Å². The van der Waals surface area contributed by atoms with E-state index in [1.54, 1.807) is 18.2 Å². The number of halogens is 1. The molecule has 1 aliphatic rings. The number of benzene rings is 1. The van der Waals surface area contributed by atoms with Crippen LogP contribution in [0.3, 0.4) is 0 Å². The normalized spacial score (nSPS) is 17.9. The van der Waals surface area contributed by atoms with E-state index in [2.05, 4.69) is 5.32 Å². The summed E-state index contributed by atoms with van der Waals surface area (Å²) in [5, 5.41) is 3.27. The lowest BCUT2D eigenvalue weighted by atomic mass is 10.1. The van der Waals surface area contributed by atoms with Crippen molar-refractivity contribution in [3.05, 3.63) is 28.8 Å². The maximum atomic E-state index is 12.1. The molecule has 1 atom stereocenters. The molecular formula is C17H25ClN2O4S. The number of ether oxygens (including phenoxy) is 1. The minimum absolute atomic E-state index is 0.0877. The Hall–Kier alpha value is -1.31. The number of carbonyl (C=O) groups excluding carboxylic acids is 1. The van der Waals surface area contributed by atoms with Crippen LogP contribution in [0.2, 0.25) is 5.02 Å². The van der Waals surface area contributed by atoms with Gasteiger partial charge in [0.2, 0.25) is 10.0 Å². The van der Waals surface area contributed by atoms with Crippen LogP contribution in [0.25, 0.3) is 0 Å². The van der Waals surface area contributed by atoms with E-state index >= 15 is 0 Å². The third-order valence-corrected chi connectivity index (χ3v) is 5.95. The van der Waals surface area contributed by atoms with Crippen LogP contribution in [0.4, 0.5) is 0 Å². The fourth-order valence-corrected chi connectivity index (χ4v) is 3.71. The quantitative estimate of drug-likeness (QED) is 0.812. The largest absolute Gasteiger partial charge is 0.489 e. The summed E-state index contributed by atoms with van der Waals surface area (Å²) in [5.74, 6) is 0.351. The predicted octanol–water partition coefficient (Wildman–Crippen LogP) is 2.67. The zero-order chi connectivity index (χ0) is 18.6. The Morgan fingerprint density at radius 3 is 2.56 bits per heavy atom. The lowest BCUT2D eigenvalue weighted by Gasteiger charge is -2.30. The number of nitrogens with one attached hydrogen (secondary N) is 1. The molecule has 25 heavy (non-hydrogen) atoms. The lowest BCUT2D eigenvalue weighted by molar-refractivity contribution is 0.0939. The van der Waals surface area contributed by atoms with E-state index in [4.69, 9.17) is 16.3 Å². The molecule has 0 aromatic heterocycles. The molecule has 0 bridgehead atoms. The minimum atomic E-state index is -3.15. The molecular weight excluding hydrogens is 364 g/mol. The van der Waals surface area contributed by atoms with E-state index in [1.165, 1.54) is 10.6 Å². The Balaban J connectivity index is 1.97. The third kappa shape index (κ3) is 5.59. The molecule has 0 unspecified atom stereocenters. The first-order valence-electron chi connectivity index (χ1n) is 8.43. The van der Waals surface area contributed by atoms with Gasteiger partial charge in [-0.15, -0.1) is 0 Å². The van der Waals surface area contributed by atoms with Gasteiger partial charge in [-0.05, 0) is 44.4 Å². The van der Waals surface area contributed by atoms with Crippen LogP contribution < -0.4 is 10.1 Å². The highest BCUT2D eigenvalue weighted by Gasteiger charge is 2.26. The molecule has 1 amide bonds. The third-order valence-electron chi connectivity index (χ3n) is 4.35. The number of sulfonamides is 1. The number of nitrogens with zero attached hydrogens (tertiary/aromatic N) is 1. The van der Waals surface area contributed by atoms with Crippen molar-refractivity contribution < 1.29 is 17.9 Å². The fourth-order valence-electron chi connectivity index (χ4n) is 2.61. The highest BCUT2D eigenvalue weighted by Crippen LogP contribution is 2.28. The molecule has 1 aliphatic heterocycles. The molecule has 1 fully saturated rings. The molecule has 0 radical (unpaired) electrons. The molecule has 140 valence electrons. The van der Waals surface area contributed by atoms with Gasteiger partial charge in [0, 0.05) is 24.7 Å². The molecule has 0 saturated carbocycles. The topological polar surface area (TPSA) is 75.7 Å². The highest BCUT2D eigenvalue weighted by molar-refractivity contribution is 7.88. The van der Waals surface area contributed by atoms with Crippen LogP contribution in [0.15, 0.2) is 18.2 Å². The van der Waals surface area contributed by atoms with Crippen molar-refractivity contribution >= 4 is 27.5 Å². The average molecular weight is 389 g/mol. The molecule has 0 spiro atoms. The maximum Gasteiger partial charge on any atom is 0.251 e. The van der Waals surface area contributed by atoms with Crippen molar-refractivity contribution in [3.8, 4) is 5.75 Å². The zero-order valence-corrected chi connectivity index (χ0v) is 16.4. The minimum Gasteiger partial charge on any atom is -0.489 e. The summed E-state index contributed by atoms with van der Waals surface area (Å²) < 4.78 is 30.4. The maximum absolute atomic E-state index is 12.1. The molecule has 1 aromatic carbocycles. The first-order chi connectivity index (χ1) is 11.7. The molecule has 8 heteroatoms. The average Bonchev–Trinajstić information content (AvgIpc) is 2.56. The van der Waals surface area contributed by atoms with Gasteiger partial charge in [0.25, 0.3) is 5.91 Å². The van der Waals surface area contributed by atoms with Crippen molar-refractivity contribution in [3.63, 3.8) is 0 Å². The summed E-state index contributed by atoms with van der Waals surface area (Å²) in [4.78, 5) is 12.1. The second-order valence-corrected chi connectivity index (χ2v) is 8.80. The molecule has 0 aliphatic carbocycles. The number of hydrogen-bond donors (Lipinski definition) is 1. The smallest absolute Gasteiger partial charge is 0.251 e. The van der Waals surface area contributed by atoms with Crippen molar-refractivity contribution in [1.82, 2.24) is 9.62 Å². The van der Waals surface area contributed by atoms with Gasteiger partial charge in [0.15, 0.2) is 0 Å². The van der Waals surface area contributed by atoms with Crippen LogP contribution >= 0.6 is 11.6 Å². The van der Waals surface area contributed by atoms with Crippen LogP contribution in [-0.2, 0) is 10.0 Å². The molecule has 1 saturated heterocycles. The van der Waals surface area contributed by atoms with E-state index in [-0.39, 0.29) is 18.1 Å². The second-order valence-electron chi connectivity index (χ2n) is 6.41. The summed E-state index contributed by atoms with van der Waals surface area (Å²) in [7, 11) is -3.15.